The van der Waals surface area contributed by atoms with Crippen molar-refractivity contribution >= 4 is 16.8 Å². The third kappa shape index (κ3) is 2.38. The quantitative estimate of drug-likeness (QED) is 0.859. The second-order valence-corrected chi connectivity index (χ2v) is 5.27. The highest BCUT2D eigenvalue weighted by atomic mass is 16.5. The number of benzene rings is 1. The van der Waals surface area contributed by atoms with Crippen LogP contribution in [0.2, 0.25) is 0 Å². The number of hydrogen-bond acceptors (Lipinski definition) is 2. The van der Waals surface area contributed by atoms with E-state index in [4.69, 9.17) is 4.74 Å². The first-order valence-electron chi connectivity index (χ1n) is 6.83. The van der Waals surface area contributed by atoms with Gasteiger partial charge in [-0.25, -0.2) is 0 Å². The van der Waals surface area contributed by atoms with E-state index in [2.05, 4.69) is 10.8 Å². The third-order valence-corrected chi connectivity index (χ3v) is 3.75. The van der Waals surface area contributed by atoms with Gasteiger partial charge in [-0.15, -0.1) is 0 Å². The first-order valence-corrected chi connectivity index (χ1v) is 6.83. The molecule has 0 aliphatic heterocycles. The molecule has 0 N–H and O–H groups in total. The highest BCUT2D eigenvalue weighted by molar-refractivity contribution is 5.92. The molecule has 0 radical (unpaired) electrons. The Morgan fingerprint density at radius 1 is 1.40 bits per heavy atom. The average molecular weight is 274 g/mol. The van der Waals surface area contributed by atoms with E-state index in [1.165, 1.54) is 0 Å². The van der Waals surface area contributed by atoms with Crippen LogP contribution in [-0.2, 0) is 11.8 Å². The Morgan fingerprint density at radius 3 is 2.65 bits per heavy atom. The number of fused-ring (bicyclic) bond motifs is 1. The summed E-state index contributed by atoms with van der Waals surface area (Å²) in [5.74, 6) is 0.848. The number of aryl methyl sites for hydroxylation is 1. The van der Waals surface area contributed by atoms with Crippen LogP contribution in [0.3, 0.4) is 0 Å². The van der Waals surface area contributed by atoms with Crippen molar-refractivity contribution in [1.82, 2.24) is 9.47 Å². The minimum atomic E-state index is -0.110. The molecule has 0 spiro atoms. The number of carbonyl (C=O) groups is 1. The lowest BCUT2D eigenvalue weighted by Crippen LogP contribution is -2.27. The van der Waals surface area contributed by atoms with Crippen molar-refractivity contribution in [2.45, 2.75) is 19.3 Å². The van der Waals surface area contributed by atoms with Gasteiger partial charge in [-0.2, -0.15) is 0 Å². The summed E-state index contributed by atoms with van der Waals surface area (Å²) in [6.45, 7) is 2.05. The minimum absolute atomic E-state index is 0.110. The smallest absolute Gasteiger partial charge is 0.229 e. The van der Waals surface area contributed by atoms with Crippen molar-refractivity contribution in [3.8, 4) is 5.75 Å². The van der Waals surface area contributed by atoms with E-state index in [9.17, 15) is 4.79 Å². The Kier molecular flexibility index (Phi) is 4.02. The molecule has 108 valence electrons. The summed E-state index contributed by atoms with van der Waals surface area (Å²) in [6, 6.07) is 5.99. The van der Waals surface area contributed by atoms with Gasteiger partial charge in [0.05, 0.1) is 13.0 Å². The van der Waals surface area contributed by atoms with E-state index in [1.807, 2.05) is 32.2 Å². The lowest BCUT2D eigenvalue weighted by molar-refractivity contribution is -0.130. The van der Waals surface area contributed by atoms with Gasteiger partial charge in [0.15, 0.2) is 0 Å². The first-order chi connectivity index (χ1) is 9.49. The van der Waals surface area contributed by atoms with Gasteiger partial charge in [-0.05, 0) is 30.2 Å². The van der Waals surface area contributed by atoms with Gasteiger partial charge in [0.2, 0.25) is 5.91 Å². The van der Waals surface area contributed by atoms with Crippen molar-refractivity contribution in [1.29, 1.82) is 0 Å². The molecule has 1 heterocycles. The SMILES string of the molecule is CCC(C(=O)N(C)C)c1cn(C)c2ccc(OC)cc12. The Bertz CT molecular complexity index is 629. The molecule has 2 rings (SSSR count). The molecule has 0 saturated heterocycles. The molecule has 1 unspecified atom stereocenters. The number of carbonyl (C=O) groups excluding carboxylic acids is 1. The largest absolute Gasteiger partial charge is 0.497 e. The molecule has 0 bridgehead atoms. The number of rotatable bonds is 4. The Hall–Kier alpha value is -1.97. The van der Waals surface area contributed by atoms with Crippen LogP contribution in [-0.4, -0.2) is 36.6 Å². The van der Waals surface area contributed by atoms with Crippen molar-refractivity contribution < 1.29 is 9.53 Å². The standard InChI is InChI=1S/C16H22N2O2/c1-6-12(16(19)17(2)3)14-10-18(4)15-8-7-11(20-5)9-13(14)15/h7-10,12H,6H2,1-5H3. The van der Waals surface area contributed by atoms with Crippen LogP contribution < -0.4 is 4.74 Å². The van der Waals surface area contributed by atoms with E-state index < -0.39 is 0 Å². The zero-order valence-electron chi connectivity index (χ0n) is 12.8. The van der Waals surface area contributed by atoms with E-state index in [1.54, 1.807) is 26.1 Å². The van der Waals surface area contributed by atoms with Crippen LogP contribution >= 0.6 is 0 Å². The summed E-state index contributed by atoms with van der Waals surface area (Å²) in [7, 11) is 7.27. The minimum Gasteiger partial charge on any atom is -0.497 e. The van der Waals surface area contributed by atoms with E-state index in [0.29, 0.717) is 0 Å². The van der Waals surface area contributed by atoms with Gasteiger partial charge < -0.3 is 14.2 Å². The van der Waals surface area contributed by atoms with Gasteiger partial charge in [0.1, 0.15) is 5.75 Å². The molecule has 0 saturated carbocycles. The maximum Gasteiger partial charge on any atom is 0.229 e. The van der Waals surface area contributed by atoms with Gasteiger partial charge in [-0.1, -0.05) is 6.92 Å². The Labute approximate surface area is 119 Å². The maximum atomic E-state index is 12.4. The average Bonchev–Trinajstić information content (AvgIpc) is 2.76. The van der Waals surface area contributed by atoms with Crippen LogP contribution in [0.5, 0.6) is 5.75 Å². The zero-order valence-corrected chi connectivity index (χ0v) is 12.8. The molecule has 2 aromatic rings. The van der Waals surface area contributed by atoms with Gasteiger partial charge in [0.25, 0.3) is 0 Å². The number of amides is 1. The topological polar surface area (TPSA) is 34.5 Å². The van der Waals surface area contributed by atoms with Gasteiger partial charge >= 0.3 is 0 Å². The third-order valence-electron chi connectivity index (χ3n) is 3.75. The molecule has 0 aliphatic rings. The second-order valence-electron chi connectivity index (χ2n) is 5.27. The fourth-order valence-electron chi connectivity index (χ4n) is 2.65. The highest BCUT2D eigenvalue weighted by Crippen LogP contribution is 2.32. The summed E-state index contributed by atoms with van der Waals surface area (Å²) in [5.41, 5.74) is 2.19. The predicted molar refractivity (Wildman–Crippen MR) is 81.2 cm³/mol. The zero-order chi connectivity index (χ0) is 14.9. The predicted octanol–water partition coefficient (Wildman–Crippen LogP) is 2.77. The number of hydrogen-bond donors (Lipinski definition) is 0. The number of likely N-dealkylation sites (N-methyl/N-ethyl adjacent to an activating group) is 1. The van der Waals surface area contributed by atoms with E-state index in [-0.39, 0.29) is 11.8 Å². The van der Waals surface area contributed by atoms with Crippen LogP contribution in [0.1, 0.15) is 24.8 Å². The number of methoxy groups -OCH3 is 1. The molecule has 1 aromatic carbocycles. The lowest BCUT2D eigenvalue weighted by Gasteiger charge is -2.19. The summed E-state index contributed by atoms with van der Waals surface area (Å²) in [4.78, 5) is 14.0. The number of aromatic nitrogens is 1. The van der Waals surface area contributed by atoms with Crippen molar-refractivity contribution in [3.63, 3.8) is 0 Å². The molecular formula is C16H22N2O2. The Morgan fingerprint density at radius 2 is 2.10 bits per heavy atom. The number of nitrogens with zero attached hydrogens (tertiary/aromatic N) is 2. The van der Waals surface area contributed by atoms with Crippen LogP contribution in [0, 0.1) is 0 Å². The molecule has 4 heteroatoms. The molecule has 4 nitrogen and oxygen atoms in total. The molecule has 1 atom stereocenters. The molecule has 1 amide bonds. The summed E-state index contributed by atoms with van der Waals surface area (Å²) in [6.07, 6.45) is 2.84. The molecular weight excluding hydrogens is 252 g/mol. The fraction of sp³-hybridized carbons (Fsp3) is 0.438. The molecule has 20 heavy (non-hydrogen) atoms. The summed E-state index contributed by atoms with van der Waals surface area (Å²) < 4.78 is 7.37. The van der Waals surface area contributed by atoms with Crippen LogP contribution in [0.4, 0.5) is 0 Å². The Balaban J connectivity index is 2.60. The normalized spacial score (nSPS) is 12.4. The van der Waals surface area contributed by atoms with E-state index >= 15 is 0 Å². The van der Waals surface area contributed by atoms with Crippen molar-refractivity contribution in [2.24, 2.45) is 7.05 Å². The highest BCUT2D eigenvalue weighted by Gasteiger charge is 2.24. The van der Waals surface area contributed by atoms with Gasteiger partial charge in [0, 0.05) is 38.2 Å². The van der Waals surface area contributed by atoms with Crippen molar-refractivity contribution in [2.75, 3.05) is 21.2 Å². The molecule has 0 fully saturated rings. The van der Waals surface area contributed by atoms with Gasteiger partial charge in [-0.3, -0.25) is 4.79 Å². The lowest BCUT2D eigenvalue weighted by atomic mass is 9.94. The van der Waals surface area contributed by atoms with E-state index in [0.717, 1.165) is 28.6 Å². The van der Waals surface area contributed by atoms with Crippen LogP contribution in [0.15, 0.2) is 24.4 Å². The fourth-order valence-corrected chi connectivity index (χ4v) is 2.65. The molecule has 1 aromatic heterocycles. The summed E-state index contributed by atoms with van der Waals surface area (Å²) >= 11 is 0. The molecule has 0 aliphatic carbocycles. The van der Waals surface area contributed by atoms with Crippen molar-refractivity contribution in [3.05, 3.63) is 30.0 Å². The van der Waals surface area contributed by atoms with Crippen LogP contribution in [0.25, 0.3) is 10.9 Å². The monoisotopic (exact) mass is 274 g/mol. The summed E-state index contributed by atoms with van der Waals surface area (Å²) in [5, 5.41) is 1.09. The first kappa shape index (κ1) is 14.4. The second kappa shape index (κ2) is 5.57. The maximum absolute atomic E-state index is 12.4. The number of ether oxygens (including phenoxy) is 1.